The highest BCUT2D eigenvalue weighted by Crippen LogP contribution is 2.17. The van der Waals surface area contributed by atoms with Gasteiger partial charge in [0.2, 0.25) is 0 Å². The SMILES string of the molecule is Cc1ccc(CNc2ccc(C#N)c(N)c2)cc1. The van der Waals surface area contributed by atoms with Gasteiger partial charge in [0.05, 0.1) is 11.3 Å². The summed E-state index contributed by atoms with van der Waals surface area (Å²) in [6.07, 6.45) is 0. The minimum atomic E-state index is 0.506. The van der Waals surface area contributed by atoms with Crippen LogP contribution < -0.4 is 11.1 Å². The molecule has 3 N–H and O–H groups in total. The Hall–Kier alpha value is -2.47. The maximum atomic E-state index is 8.79. The van der Waals surface area contributed by atoms with Crippen molar-refractivity contribution in [2.75, 3.05) is 11.1 Å². The fourth-order valence-electron chi connectivity index (χ4n) is 1.68. The normalized spacial score (nSPS) is 9.78. The third kappa shape index (κ3) is 2.80. The number of nitrogens with two attached hydrogens (primary N) is 1. The van der Waals surface area contributed by atoms with Crippen LogP contribution >= 0.6 is 0 Å². The van der Waals surface area contributed by atoms with Crippen molar-refractivity contribution in [3.8, 4) is 6.07 Å². The molecule has 0 heterocycles. The van der Waals surface area contributed by atoms with Crippen LogP contribution in [-0.2, 0) is 6.54 Å². The van der Waals surface area contributed by atoms with Crippen LogP contribution in [0, 0.1) is 18.3 Å². The number of hydrogen-bond donors (Lipinski definition) is 2. The Labute approximate surface area is 107 Å². The van der Waals surface area contributed by atoms with E-state index in [2.05, 4.69) is 36.5 Å². The molecule has 0 aliphatic carbocycles. The third-order valence-electron chi connectivity index (χ3n) is 2.79. The van der Waals surface area contributed by atoms with Crippen molar-refractivity contribution in [1.29, 1.82) is 5.26 Å². The largest absolute Gasteiger partial charge is 0.398 e. The first-order valence-corrected chi connectivity index (χ1v) is 5.78. The van der Waals surface area contributed by atoms with Gasteiger partial charge < -0.3 is 11.1 Å². The number of nitrogen functional groups attached to an aromatic ring is 1. The summed E-state index contributed by atoms with van der Waals surface area (Å²) in [6.45, 7) is 2.81. The molecular formula is C15H15N3. The van der Waals surface area contributed by atoms with Gasteiger partial charge in [0, 0.05) is 12.2 Å². The molecule has 0 fully saturated rings. The highest BCUT2D eigenvalue weighted by atomic mass is 14.9. The maximum absolute atomic E-state index is 8.79. The van der Waals surface area contributed by atoms with Crippen LogP contribution in [0.25, 0.3) is 0 Å². The molecule has 2 aromatic rings. The standard InChI is InChI=1S/C15H15N3/c1-11-2-4-12(5-3-11)10-18-14-7-6-13(9-16)15(17)8-14/h2-8,18H,10,17H2,1H3. The second-order valence-electron chi connectivity index (χ2n) is 4.25. The predicted molar refractivity (Wildman–Crippen MR) is 74.1 cm³/mol. The molecule has 0 aromatic heterocycles. The van der Waals surface area contributed by atoms with Crippen LogP contribution in [0.2, 0.25) is 0 Å². The number of nitriles is 1. The molecule has 0 aliphatic rings. The van der Waals surface area contributed by atoms with Gasteiger partial charge in [-0.05, 0) is 30.7 Å². The van der Waals surface area contributed by atoms with Crippen LogP contribution in [0.4, 0.5) is 11.4 Å². The lowest BCUT2D eigenvalue weighted by atomic mass is 10.1. The second-order valence-corrected chi connectivity index (χ2v) is 4.25. The zero-order valence-electron chi connectivity index (χ0n) is 10.3. The van der Waals surface area contributed by atoms with Gasteiger partial charge >= 0.3 is 0 Å². The number of rotatable bonds is 3. The quantitative estimate of drug-likeness (QED) is 0.806. The molecule has 0 radical (unpaired) electrons. The first kappa shape index (κ1) is 12.0. The van der Waals surface area contributed by atoms with E-state index in [9.17, 15) is 0 Å². The Morgan fingerprint density at radius 1 is 1.17 bits per heavy atom. The van der Waals surface area contributed by atoms with Crippen molar-refractivity contribution in [2.24, 2.45) is 0 Å². The Morgan fingerprint density at radius 3 is 2.50 bits per heavy atom. The fourth-order valence-corrected chi connectivity index (χ4v) is 1.68. The number of hydrogen-bond acceptors (Lipinski definition) is 3. The lowest BCUT2D eigenvalue weighted by Crippen LogP contribution is -2.00. The molecule has 0 unspecified atom stereocenters. The van der Waals surface area contributed by atoms with Crippen LogP contribution in [0.3, 0.4) is 0 Å². The van der Waals surface area contributed by atoms with Crippen molar-refractivity contribution in [3.05, 3.63) is 59.2 Å². The fraction of sp³-hybridized carbons (Fsp3) is 0.133. The summed E-state index contributed by atoms with van der Waals surface area (Å²) >= 11 is 0. The number of benzene rings is 2. The molecule has 3 nitrogen and oxygen atoms in total. The minimum absolute atomic E-state index is 0.506. The number of nitrogens with one attached hydrogen (secondary N) is 1. The Bertz CT molecular complexity index is 580. The molecule has 18 heavy (non-hydrogen) atoms. The summed E-state index contributed by atoms with van der Waals surface area (Å²) in [7, 11) is 0. The van der Waals surface area contributed by atoms with Gasteiger partial charge in [0.25, 0.3) is 0 Å². The molecule has 2 aromatic carbocycles. The summed E-state index contributed by atoms with van der Waals surface area (Å²) < 4.78 is 0. The molecule has 90 valence electrons. The van der Waals surface area contributed by atoms with Gasteiger partial charge in [-0.25, -0.2) is 0 Å². The average molecular weight is 237 g/mol. The summed E-state index contributed by atoms with van der Waals surface area (Å²) in [5, 5.41) is 12.1. The number of nitrogens with zero attached hydrogens (tertiary/aromatic N) is 1. The van der Waals surface area contributed by atoms with Crippen molar-refractivity contribution < 1.29 is 0 Å². The number of aryl methyl sites for hydroxylation is 1. The zero-order valence-corrected chi connectivity index (χ0v) is 10.3. The minimum Gasteiger partial charge on any atom is -0.398 e. The molecule has 0 saturated carbocycles. The van der Waals surface area contributed by atoms with Gasteiger partial charge in [0.15, 0.2) is 0 Å². The number of anilines is 2. The van der Waals surface area contributed by atoms with E-state index in [-0.39, 0.29) is 0 Å². The van der Waals surface area contributed by atoms with Gasteiger partial charge in [-0.2, -0.15) is 5.26 Å². The molecule has 0 aliphatic heterocycles. The molecule has 3 heteroatoms. The zero-order chi connectivity index (χ0) is 13.0. The maximum Gasteiger partial charge on any atom is 0.101 e. The van der Waals surface area contributed by atoms with E-state index in [0.717, 1.165) is 12.2 Å². The van der Waals surface area contributed by atoms with E-state index < -0.39 is 0 Å². The summed E-state index contributed by atoms with van der Waals surface area (Å²) in [4.78, 5) is 0. The van der Waals surface area contributed by atoms with E-state index >= 15 is 0 Å². The van der Waals surface area contributed by atoms with Gasteiger partial charge in [0.1, 0.15) is 6.07 Å². The lowest BCUT2D eigenvalue weighted by Gasteiger charge is -2.08. The first-order chi connectivity index (χ1) is 8.69. The first-order valence-electron chi connectivity index (χ1n) is 5.78. The van der Waals surface area contributed by atoms with Crippen molar-refractivity contribution in [3.63, 3.8) is 0 Å². The Morgan fingerprint density at radius 2 is 1.89 bits per heavy atom. The highest BCUT2D eigenvalue weighted by molar-refractivity contribution is 5.62. The Balaban J connectivity index is 2.04. The van der Waals surface area contributed by atoms with Crippen molar-refractivity contribution >= 4 is 11.4 Å². The second kappa shape index (κ2) is 5.24. The molecule has 0 amide bonds. The molecule has 0 spiro atoms. The van der Waals surface area contributed by atoms with Crippen LogP contribution in [0.5, 0.6) is 0 Å². The average Bonchev–Trinajstić information content (AvgIpc) is 2.38. The highest BCUT2D eigenvalue weighted by Gasteiger charge is 1.99. The molecular weight excluding hydrogens is 222 g/mol. The van der Waals surface area contributed by atoms with Gasteiger partial charge in [-0.15, -0.1) is 0 Å². The summed E-state index contributed by atoms with van der Waals surface area (Å²) in [5.41, 5.74) is 10.2. The van der Waals surface area contributed by atoms with Crippen molar-refractivity contribution in [2.45, 2.75) is 13.5 Å². The smallest absolute Gasteiger partial charge is 0.101 e. The molecule has 0 bridgehead atoms. The van der Waals surface area contributed by atoms with E-state index in [1.165, 1.54) is 11.1 Å². The summed E-state index contributed by atoms with van der Waals surface area (Å²) in [5.74, 6) is 0. The van der Waals surface area contributed by atoms with Gasteiger partial charge in [-0.3, -0.25) is 0 Å². The lowest BCUT2D eigenvalue weighted by molar-refractivity contribution is 1.14. The van der Waals surface area contributed by atoms with Crippen LogP contribution in [0.15, 0.2) is 42.5 Å². The van der Waals surface area contributed by atoms with Crippen LogP contribution in [-0.4, -0.2) is 0 Å². The monoisotopic (exact) mass is 237 g/mol. The van der Waals surface area contributed by atoms with E-state index in [1.807, 2.05) is 12.1 Å². The van der Waals surface area contributed by atoms with E-state index in [4.69, 9.17) is 11.0 Å². The third-order valence-corrected chi connectivity index (χ3v) is 2.79. The Kier molecular flexibility index (Phi) is 3.49. The molecule has 0 saturated heterocycles. The van der Waals surface area contributed by atoms with E-state index in [1.54, 1.807) is 12.1 Å². The van der Waals surface area contributed by atoms with Crippen molar-refractivity contribution in [1.82, 2.24) is 0 Å². The van der Waals surface area contributed by atoms with Crippen LogP contribution in [0.1, 0.15) is 16.7 Å². The molecule has 0 atom stereocenters. The van der Waals surface area contributed by atoms with E-state index in [0.29, 0.717) is 11.3 Å². The predicted octanol–water partition coefficient (Wildman–Crippen LogP) is 3.06. The topological polar surface area (TPSA) is 61.8 Å². The summed E-state index contributed by atoms with van der Waals surface area (Å²) in [6, 6.07) is 15.8. The van der Waals surface area contributed by atoms with Gasteiger partial charge in [-0.1, -0.05) is 29.8 Å². The molecule has 2 rings (SSSR count).